The van der Waals surface area contributed by atoms with Gasteiger partial charge in [0.2, 0.25) is 0 Å². The van der Waals surface area contributed by atoms with Crippen LogP contribution < -0.4 is 53.0 Å². The molecule has 11 rings (SSSR count). The largest absolute Gasteiger partial charge is 0.507 e. The molecule has 0 amide bonds. The van der Waals surface area contributed by atoms with E-state index in [2.05, 4.69) is 321 Å². The van der Waals surface area contributed by atoms with Crippen LogP contribution in [0.4, 0.5) is 5.69 Å². The molecule has 0 aromatic heterocycles. The molecular formula is C108H138N5O5P5. The van der Waals surface area contributed by atoms with E-state index in [9.17, 15) is 25.5 Å². The van der Waals surface area contributed by atoms with Crippen molar-refractivity contribution in [3.8, 4) is 28.7 Å². The summed E-state index contributed by atoms with van der Waals surface area (Å²) >= 11 is 0. The second-order valence-corrected chi connectivity index (χ2v) is 46.2. The number of para-hydroxylation sites is 2. The van der Waals surface area contributed by atoms with Crippen LogP contribution in [0.3, 0.4) is 0 Å². The number of aromatic hydroxyl groups is 5. The molecule has 15 heteroatoms. The lowest BCUT2D eigenvalue weighted by atomic mass is 9.80. The van der Waals surface area contributed by atoms with Crippen molar-refractivity contribution in [2.75, 3.05) is 0 Å². The standard InChI is InChI=1S/C25H36NOP.2C22H30NOP.C20H18NOP.C19H24NOP/c1-23(2,3)18-14-19(24(4,5)6)22(27)21(15-18)28-20-13-11-10-12-17(20)16-26-25(7,8)9;1-15-12-17(21(2,3)4)13-19(20(15)24)25-18-11-9-8-10-16(18)14-23-22(5,6)7;1-15-12-17(21(2,3)4)20(24)19(13-15)25-18-11-9-8-10-16(18)14-23-22(5,6)7;1-15-8-7-9-16(14-21-17-10-3-2-4-11-17)20(15)23-19-13-6-5-12-18(19)22;1-13-10-14(2)18(21)17(11-13)22-16-9-7-6-8-15(16)12-20-19(3,4)5/h10-16,27-28H,1-9H3;2*8-14,24-25H,1-7H3;2-14,22-23H,1H3;6-12,21-22H,1-5H3. The average molecular weight is 1740 g/mol. The summed E-state index contributed by atoms with van der Waals surface area (Å²) in [4.78, 5) is 23.1. The molecule has 5 atom stereocenters. The number of hydrogen-bond donors (Lipinski definition) is 5. The Hall–Kier alpha value is -9.08. The summed E-state index contributed by atoms with van der Waals surface area (Å²) in [5, 5.41) is 63.8. The highest BCUT2D eigenvalue weighted by atomic mass is 31.1. The van der Waals surface area contributed by atoms with Gasteiger partial charge in [0.1, 0.15) is 28.7 Å². The molecule has 5 N–H and O–H groups in total. The smallest absolute Gasteiger partial charge is 0.127 e. The molecule has 10 nitrogen and oxygen atoms in total. The highest BCUT2D eigenvalue weighted by Gasteiger charge is 2.27. The minimum Gasteiger partial charge on any atom is -0.507 e. The van der Waals surface area contributed by atoms with E-state index >= 15 is 0 Å². The lowest BCUT2D eigenvalue weighted by Gasteiger charge is -2.27. The number of aliphatic imine (C=N–C) groups is 5. The van der Waals surface area contributed by atoms with Gasteiger partial charge in [-0.3, -0.25) is 25.0 Å². The van der Waals surface area contributed by atoms with Gasteiger partial charge in [-0.05, 0) is 247 Å². The maximum atomic E-state index is 11.1. The van der Waals surface area contributed by atoms with E-state index in [-0.39, 0.29) is 43.8 Å². The maximum absolute atomic E-state index is 11.1. The Morgan fingerprint density at radius 2 is 0.553 bits per heavy atom. The Labute approximate surface area is 747 Å². The van der Waals surface area contributed by atoms with Crippen LogP contribution in [0.2, 0.25) is 0 Å². The zero-order chi connectivity index (χ0) is 91.4. The summed E-state index contributed by atoms with van der Waals surface area (Å²) in [5.41, 5.74) is 16.0. The first-order chi connectivity index (χ1) is 57.1. The van der Waals surface area contributed by atoms with Gasteiger partial charge in [-0.25, -0.2) is 0 Å². The summed E-state index contributed by atoms with van der Waals surface area (Å²) in [7, 11) is 1.99. The molecule has 0 fully saturated rings. The second-order valence-electron chi connectivity index (χ2n) is 39.6. The highest BCUT2D eigenvalue weighted by Crippen LogP contribution is 2.39. The van der Waals surface area contributed by atoms with Gasteiger partial charge in [0.05, 0.1) is 27.8 Å². The first-order valence-electron chi connectivity index (χ1n) is 42.4. The van der Waals surface area contributed by atoms with E-state index in [1.54, 1.807) is 6.07 Å². The topological polar surface area (TPSA) is 163 Å². The first kappa shape index (κ1) is 101. The summed E-state index contributed by atoms with van der Waals surface area (Å²) in [6.07, 6.45) is 9.74. The van der Waals surface area contributed by atoms with E-state index in [0.29, 0.717) is 71.7 Å². The fraction of sp³-hybridized carbons (Fsp3) is 0.343. The number of rotatable bonds is 16. The Morgan fingerprint density at radius 1 is 0.244 bits per heavy atom. The molecule has 0 saturated carbocycles. The third-order valence-electron chi connectivity index (χ3n) is 19.3. The van der Waals surface area contributed by atoms with Crippen LogP contribution in [0.5, 0.6) is 28.7 Å². The van der Waals surface area contributed by atoms with E-state index < -0.39 is 0 Å². The summed E-state index contributed by atoms with van der Waals surface area (Å²) in [6, 6.07) is 73.7. The van der Waals surface area contributed by atoms with E-state index in [0.717, 1.165) is 82.3 Å². The highest BCUT2D eigenvalue weighted by molar-refractivity contribution is 7.57. The van der Waals surface area contributed by atoms with Gasteiger partial charge in [0.25, 0.3) is 0 Å². The van der Waals surface area contributed by atoms with Gasteiger partial charge in [-0.1, -0.05) is 302 Å². The Balaban J connectivity index is 0.000000212. The Bertz CT molecular complexity index is 5460. The zero-order valence-corrected chi connectivity index (χ0v) is 83.6. The van der Waals surface area contributed by atoms with Crippen molar-refractivity contribution in [2.24, 2.45) is 25.0 Å². The lowest BCUT2D eigenvalue weighted by molar-refractivity contribution is 0.448. The molecule has 0 spiro atoms. The predicted octanol–water partition coefficient (Wildman–Crippen LogP) is 23.5. The van der Waals surface area contributed by atoms with Crippen LogP contribution >= 0.6 is 42.9 Å². The predicted molar refractivity (Wildman–Crippen MR) is 552 cm³/mol. The van der Waals surface area contributed by atoms with E-state index in [1.807, 2.05) is 148 Å². The monoisotopic (exact) mass is 1740 g/mol. The van der Waals surface area contributed by atoms with Crippen LogP contribution in [0.1, 0.15) is 244 Å². The van der Waals surface area contributed by atoms with Crippen molar-refractivity contribution < 1.29 is 25.5 Å². The van der Waals surface area contributed by atoms with Crippen LogP contribution in [-0.2, 0) is 21.7 Å². The van der Waals surface area contributed by atoms with Crippen molar-refractivity contribution in [1.29, 1.82) is 0 Å². The maximum Gasteiger partial charge on any atom is 0.127 e. The van der Waals surface area contributed by atoms with E-state index in [4.69, 9.17) is 0 Å². The van der Waals surface area contributed by atoms with Gasteiger partial charge < -0.3 is 25.5 Å². The lowest BCUT2D eigenvalue weighted by Crippen LogP contribution is -2.21. The third kappa shape index (κ3) is 33.1. The molecule has 0 aliphatic carbocycles. The van der Waals surface area contributed by atoms with Crippen molar-refractivity contribution >= 4 is 133 Å². The van der Waals surface area contributed by atoms with Crippen LogP contribution in [0.15, 0.2) is 243 Å². The number of phenolic OH excluding ortho intramolecular Hbond substituents is 5. The summed E-state index contributed by atoms with van der Waals surface area (Å²) < 4.78 is 0. The molecular weight excluding hydrogens is 1600 g/mol. The first-order valence-corrected chi connectivity index (χ1v) is 47.4. The van der Waals surface area contributed by atoms with Crippen LogP contribution in [0.25, 0.3) is 0 Å². The third-order valence-corrected chi connectivity index (χ3v) is 26.4. The quantitative estimate of drug-likeness (QED) is 0.0480. The van der Waals surface area contributed by atoms with Crippen molar-refractivity contribution in [2.45, 2.75) is 245 Å². The summed E-state index contributed by atoms with van der Waals surface area (Å²) in [6.45, 7) is 61.5. The minimum absolute atomic E-state index is 0.0279. The molecule has 5 unspecified atom stereocenters. The second kappa shape index (κ2) is 43.7. The van der Waals surface area contributed by atoms with Crippen LogP contribution in [-0.4, -0.2) is 78.8 Å². The minimum atomic E-state index is -0.113. The number of aryl methyl sites for hydroxylation is 5. The molecule has 11 aromatic rings. The van der Waals surface area contributed by atoms with Crippen molar-refractivity contribution in [1.82, 2.24) is 0 Å². The zero-order valence-electron chi connectivity index (χ0n) is 78.6. The number of benzene rings is 11. The van der Waals surface area contributed by atoms with Gasteiger partial charge >= 0.3 is 0 Å². The van der Waals surface area contributed by atoms with Crippen molar-refractivity contribution in [3.05, 3.63) is 296 Å². The normalized spacial score (nSPS) is 12.9. The fourth-order valence-electron chi connectivity index (χ4n) is 12.4. The molecule has 0 aliphatic heterocycles. The van der Waals surface area contributed by atoms with Gasteiger partial charge in [0, 0.05) is 96.5 Å². The molecule has 0 aliphatic rings. The summed E-state index contributed by atoms with van der Waals surface area (Å²) in [5.74, 6) is 2.03. The molecule has 0 radical (unpaired) electrons. The van der Waals surface area contributed by atoms with Crippen LogP contribution in [0, 0.1) is 34.6 Å². The van der Waals surface area contributed by atoms with Gasteiger partial charge in [-0.2, -0.15) is 0 Å². The molecule has 0 bridgehead atoms. The molecule has 11 aromatic carbocycles. The number of phenols is 5. The molecule has 0 saturated heterocycles. The Morgan fingerprint density at radius 3 is 0.927 bits per heavy atom. The van der Waals surface area contributed by atoms with Gasteiger partial charge in [0.15, 0.2) is 0 Å². The number of nitrogens with zero attached hydrogens (tertiary/aromatic N) is 5. The fourth-order valence-corrected chi connectivity index (χ4v) is 18.9. The SMILES string of the molecule is CC(C)(C)N=Cc1ccccc1Pc1cc(C(C)(C)C)cc(C(C)(C)C)c1O.Cc1cc(C(C)(C)C)cc(Pc2ccccc2C=NC(C)(C)C)c1O.Cc1cc(C)c(O)c(Pc2ccccc2C=NC(C)(C)C)c1.Cc1cc(Pc2ccccc2C=NC(C)(C)C)c(O)c(C(C)(C)C)c1.Cc1cccc(C=Nc2ccccc2)c1Pc1ccccc1O. The molecule has 650 valence electrons. The Kier molecular flexibility index (Phi) is 35.9. The molecule has 0 heterocycles. The molecule has 123 heavy (non-hydrogen) atoms. The van der Waals surface area contributed by atoms with E-state index in [1.165, 1.54) is 54.3 Å². The van der Waals surface area contributed by atoms with Gasteiger partial charge in [-0.15, -0.1) is 0 Å². The average Bonchev–Trinajstić information content (AvgIpc) is 0.791. The number of hydrogen-bond acceptors (Lipinski definition) is 10. The van der Waals surface area contributed by atoms with Crippen molar-refractivity contribution in [3.63, 3.8) is 0 Å².